The Morgan fingerprint density at radius 1 is 0.763 bits per heavy atom. The summed E-state index contributed by atoms with van der Waals surface area (Å²) in [7, 11) is 2.83. The van der Waals surface area contributed by atoms with Crippen molar-refractivity contribution in [1.82, 2.24) is 44.3 Å². The van der Waals surface area contributed by atoms with Crippen LogP contribution in [0.4, 0.5) is 4.39 Å². The second-order valence-corrected chi connectivity index (χ2v) is 15.2. The zero-order valence-corrected chi connectivity index (χ0v) is 34.2. The number of amides is 2. The van der Waals surface area contributed by atoms with E-state index in [0.29, 0.717) is 18.5 Å². The molecule has 0 aliphatic heterocycles. The number of nitrogens with zero attached hydrogens (tertiary/aromatic N) is 7. The zero-order chi connectivity index (χ0) is 42.5. The van der Waals surface area contributed by atoms with Crippen molar-refractivity contribution >= 4 is 33.8 Å². The number of benzene rings is 1. The fourth-order valence-corrected chi connectivity index (χ4v) is 8.71. The van der Waals surface area contributed by atoms with Gasteiger partial charge in [0.1, 0.15) is 11.5 Å². The lowest BCUT2D eigenvalue weighted by Crippen LogP contribution is -2.37. The number of halogens is 1. The van der Waals surface area contributed by atoms with Gasteiger partial charge < -0.3 is 30.0 Å². The number of hydrogen-bond donors (Lipinski definition) is 4. The maximum Gasteiger partial charge on any atom is 0.275 e. The standard InChI is InChI=1S/C21H25N5O3.C20H21FN4O3.C2H6/c1-14-10-25(19-15(14)6-5-9-23-19)12-21(7-3-4-8-21)13-26-11-16(27)18(28)17(24-26)20(29)22-2;1-22-19(28)17-18(27)16(26)11-24(23-17)12-20(8-2-3-9-20)25-10-7-13-14(21)5-4-6-15(13)25;1-2/h5-6,9-11,27H,3-4,7-8,12-13H2,1-2H3,(H,22,29);4-7,10-11,26H,2-3,8-9,12H2,1H3,(H,22,28);1-2H3. The van der Waals surface area contributed by atoms with E-state index in [4.69, 9.17) is 0 Å². The van der Waals surface area contributed by atoms with Crippen LogP contribution in [0, 0.1) is 18.2 Å². The van der Waals surface area contributed by atoms with Crippen molar-refractivity contribution in [3.05, 3.63) is 111 Å². The molecule has 1 aromatic carbocycles. The van der Waals surface area contributed by atoms with E-state index in [9.17, 15) is 33.8 Å². The van der Waals surface area contributed by atoms with Gasteiger partial charge in [-0.3, -0.25) is 28.5 Å². The summed E-state index contributed by atoms with van der Waals surface area (Å²) < 4.78 is 21.4. The van der Waals surface area contributed by atoms with Gasteiger partial charge in [-0.2, -0.15) is 10.2 Å². The summed E-state index contributed by atoms with van der Waals surface area (Å²) in [6.45, 7) is 7.71. The smallest absolute Gasteiger partial charge is 0.275 e. The average Bonchev–Trinajstić information content (AvgIpc) is 4.06. The third kappa shape index (κ3) is 8.47. The Morgan fingerprint density at radius 2 is 1.34 bits per heavy atom. The molecule has 0 spiro atoms. The number of carbonyl (C=O) groups is 2. The second-order valence-electron chi connectivity index (χ2n) is 15.2. The van der Waals surface area contributed by atoms with E-state index < -0.39 is 34.2 Å². The van der Waals surface area contributed by atoms with E-state index in [-0.39, 0.29) is 28.2 Å². The lowest BCUT2D eigenvalue weighted by Gasteiger charge is -2.32. The first kappa shape index (κ1) is 42.3. The van der Waals surface area contributed by atoms with Gasteiger partial charge in [-0.05, 0) is 68.5 Å². The number of aryl methyl sites for hydroxylation is 1. The molecular weight excluding hydrogens is 758 g/mol. The highest BCUT2D eigenvalue weighted by atomic mass is 19.1. The number of nitrogens with one attached hydrogen (secondary N) is 2. The molecule has 2 amide bonds. The highest BCUT2D eigenvalue weighted by molar-refractivity contribution is 5.92. The molecule has 0 saturated heterocycles. The number of rotatable bonds is 9. The van der Waals surface area contributed by atoms with Crippen molar-refractivity contribution < 1.29 is 24.2 Å². The Labute approximate surface area is 340 Å². The first-order chi connectivity index (χ1) is 28.4. The summed E-state index contributed by atoms with van der Waals surface area (Å²) >= 11 is 0. The molecule has 2 aliphatic carbocycles. The van der Waals surface area contributed by atoms with Crippen LogP contribution in [0.1, 0.15) is 91.8 Å². The number of aromatic hydroxyl groups is 2. The normalized spacial score (nSPS) is 15.3. The summed E-state index contributed by atoms with van der Waals surface area (Å²) in [5, 5.41) is 34.9. The summed E-state index contributed by atoms with van der Waals surface area (Å²) in [5.74, 6) is -2.51. The molecule has 4 N–H and O–H groups in total. The average molecular weight is 810 g/mol. The number of pyridine rings is 1. The molecule has 0 radical (unpaired) electrons. The molecule has 0 atom stereocenters. The van der Waals surface area contributed by atoms with Crippen LogP contribution in [0.25, 0.3) is 21.9 Å². The van der Waals surface area contributed by atoms with Crippen molar-refractivity contribution in [2.24, 2.45) is 5.41 Å². The van der Waals surface area contributed by atoms with E-state index >= 15 is 0 Å². The van der Waals surface area contributed by atoms with Crippen LogP contribution in [0.5, 0.6) is 11.5 Å². The predicted molar refractivity (Wildman–Crippen MR) is 222 cm³/mol. The van der Waals surface area contributed by atoms with E-state index in [1.807, 2.05) is 32.2 Å². The molecule has 16 heteroatoms. The van der Waals surface area contributed by atoms with E-state index in [1.165, 1.54) is 42.8 Å². The van der Waals surface area contributed by atoms with Crippen LogP contribution >= 0.6 is 0 Å². The van der Waals surface area contributed by atoms with Crippen molar-refractivity contribution in [2.45, 2.75) is 97.3 Å². The predicted octanol–water partition coefficient (Wildman–Crippen LogP) is 5.63. The molecule has 0 bridgehead atoms. The molecular formula is C43H52FN9O6. The first-order valence-electron chi connectivity index (χ1n) is 20.1. The van der Waals surface area contributed by atoms with Crippen molar-refractivity contribution in [2.75, 3.05) is 14.1 Å². The second kappa shape index (κ2) is 17.7. The minimum absolute atomic E-state index is 0.0929. The van der Waals surface area contributed by atoms with Crippen molar-refractivity contribution in [1.29, 1.82) is 0 Å². The summed E-state index contributed by atoms with van der Waals surface area (Å²) in [6.07, 6.45) is 16.3. The largest absolute Gasteiger partial charge is 0.503 e. The molecule has 2 aliphatic rings. The summed E-state index contributed by atoms with van der Waals surface area (Å²) in [5.41, 5.74) is 0.262. The quantitative estimate of drug-likeness (QED) is 0.144. The Hall–Kier alpha value is -6.32. The highest BCUT2D eigenvalue weighted by Gasteiger charge is 2.38. The molecule has 5 heterocycles. The molecule has 0 unspecified atom stereocenters. The van der Waals surface area contributed by atoms with Crippen LogP contribution in [-0.4, -0.2) is 69.8 Å². The van der Waals surface area contributed by atoms with Gasteiger partial charge >= 0.3 is 0 Å². The third-order valence-electron chi connectivity index (χ3n) is 11.5. The topological polar surface area (TPSA) is 191 Å². The SMILES string of the molecule is CC.CNC(=O)c1nn(CC2(Cn3cc(C)c4cccnc43)CCCC2)cc(O)c1=O.CNC(=O)c1nn(CC2(n3ccc4c(F)cccc43)CCCC2)cc(O)c1=O. The van der Waals surface area contributed by atoms with Gasteiger partial charge in [-0.1, -0.05) is 45.6 Å². The van der Waals surface area contributed by atoms with E-state index in [1.54, 1.807) is 23.0 Å². The maximum atomic E-state index is 14.2. The fourth-order valence-electron chi connectivity index (χ4n) is 8.71. The molecule has 15 nitrogen and oxygen atoms in total. The number of hydrogen-bond acceptors (Lipinski definition) is 9. The van der Waals surface area contributed by atoms with Gasteiger partial charge in [0.15, 0.2) is 22.9 Å². The van der Waals surface area contributed by atoms with Gasteiger partial charge in [0.25, 0.3) is 22.7 Å². The van der Waals surface area contributed by atoms with Crippen LogP contribution < -0.4 is 21.5 Å². The van der Waals surface area contributed by atoms with Gasteiger partial charge in [0, 0.05) is 62.0 Å². The Morgan fingerprint density at radius 3 is 1.93 bits per heavy atom. The number of aromatic nitrogens is 7. The summed E-state index contributed by atoms with van der Waals surface area (Å²) in [4.78, 5) is 52.6. The molecule has 8 rings (SSSR count). The molecule has 6 aromatic rings. The van der Waals surface area contributed by atoms with Crippen LogP contribution in [0.3, 0.4) is 0 Å². The van der Waals surface area contributed by atoms with Gasteiger partial charge in [-0.25, -0.2) is 9.37 Å². The lowest BCUT2D eigenvalue weighted by atomic mass is 9.86. The van der Waals surface area contributed by atoms with Crippen LogP contribution in [0.15, 0.2) is 77.0 Å². The molecule has 2 fully saturated rings. The monoisotopic (exact) mass is 809 g/mol. The molecule has 312 valence electrons. The third-order valence-corrected chi connectivity index (χ3v) is 11.5. The zero-order valence-electron chi connectivity index (χ0n) is 34.2. The lowest BCUT2D eigenvalue weighted by molar-refractivity contribution is 0.0944. The van der Waals surface area contributed by atoms with Crippen LogP contribution in [0.2, 0.25) is 0 Å². The summed E-state index contributed by atoms with van der Waals surface area (Å²) in [6, 6.07) is 10.8. The molecule has 59 heavy (non-hydrogen) atoms. The minimum Gasteiger partial charge on any atom is -0.503 e. The minimum atomic E-state index is -0.801. The Kier molecular flexibility index (Phi) is 12.7. The number of fused-ring (bicyclic) bond motifs is 2. The number of carbonyl (C=O) groups excluding carboxylic acids is 2. The first-order valence-corrected chi connectivity index (χ1v) is 20.1. The fraction of sp³-hybridized carbons (Fsp3) is 0.419. The van der Waals surface area contributed by atoms with Gasteiger partial charge in [0.2, 0.25) is 0 Å². The van der Waals surface area contributed by atoms with Gasteiger partial charge in [0.05, 0.1) is 30.0 Å². The van der Waals surface area contributed by atoms with E-state index in [0.717, 1.165) is 74.5 Å². The highest BCUT2D eigenvalue weighted by Crippen LogP contribution is 2.43. The van der Waals surface area contributed by atoms with Crippen molar-refractivity contribution in [3.63, 3.8) is 0 Å². The Balaban J connectivity index is 0.000000191. The van der Waals surface area contributed by atoms with Gasteiger partial charge in [-0.15, -0.1) is 0 Å². The maximum absolute atomic E-state index is 14.2. The molecule has 2 saturated carbocycles. The van der Waals surface area contributed by atoms with Crippen molar-refractivity contribution in [3.8, 4) is 11.5 Å². The van der Waals surface area contributed by atoms with E-state index in [2.05, 4.69) is 54.1 Å². The molecule has 5 aromatic heterocycles. The Bertz CT molecular complexity index is 2600. The van der Waals surface area contributed by atoms with Crippen LogP contribution in [-0.2, 0) is 25.2 Å².